The summed E-state index contributed by atoms with van der Waals surface area (Å²) in [6.45, 7) is 5.21. The Hall–Kier alpha value is -1.52. The molecule has 1 rings (SSSR count). The van der Waals surface area contributed by atoms with Crippen molar-refractivity contribution in [3.05, 3.63) is 12.7 Å². The first-order valence-electron chi connectivity index (χ1n) is 6.27. The summed E-state index contributed by atoms with van der Waals surface area (Å²) >= 11 is 0. The van der Waals surface area contributed by atoms with Crippen molar-refractivity contribution >= 4 is 12.1 Å². The predicted octanol–water partition coefficient (Wildman–Crippen LogP) is 2.32. The zero-order valence-electron chi connectivity index (χ0n) is 10.8. The van der Waals surface area contributed by atoms with Crippen molar-refractivity contribution in [3.8, 4) is 0 Å². The summed E-state index contributed by atoms with van der Waals surface area (Å²) < 4.78 is 5.41. The van der Waals surface area contributed by atoms with E-state index in [4.69, 9.17) is 9.84 Å². The average Bonchev–Trinajstić information content (AvgIpc) is 2.65. The van der Waals surface area contributed by atoms with Crippen molar-refractivity contribution in [2.45, 2.75) is 44.6 Å². The Balaban J connectivity index is 2.48. The Morgan fingerprint density at radius 1 is 1.61 bits per heavy atom. The van der Waals surface area contributed by atoms with Gasteiger partial charge in [0.25, 0.3) is 0 Å². The van der Waals surface area contributed by atoms with Crippen molar-refractivity contribution in [2.75, 3.05) is 6.54 Å². The summed E-state index contributed by atoms with van der Waals surface area (Å²) in [5.41, 5.74) is -0.481. The lowest BCUT2D eigenvalue weighted by molar-refractivity contribution is -0.136. The number of allylic oxidation sites excluding steroid dienone is 1. The molecule has 1 fully saturated rings. The Kier molecular flexibility index (Phi) is 5.19. The van der Waals surface area contributed by atoms with Crippen LogP contribution in [0, 0.1) is 5.92 Å². The van der Waals surface area contributed by atoms with Gasteiger partial charge in [0.05, 0.1) is 0 Å². The molecule has 0 spiro atoms. The Morgan fingerprint density at radius 2 is 2.33 bits per heavy atom. The van der Waals surface area contributed by atoms with Gasteiger partial charge in [0, 0.05) is 0 Å². The summed E-state index contributed by atoms with van der Waals surface area (Å²) in [5, 5.41) is 10.7. The quantitative estimate of drug-likeness (QED) is 0.714. The number of carbonyl (C=O) groups is 2. The van der Waals surface area contributed by atoms with Gasteiger partial charge in [-0.2, -0.15) is 0 Å². The number of ether oxygens (including phenoxy) is 1. The van der Waals surface area contributed by atoms with Crippen molar-refractivity contribution in [1.29, 1.82) is 0 Å². The van der Waals surface area contributed by atoms with Crippen LogP contribution in [0.5, 0.6) is 0 Å². The van der Waals surface area contributed by atoms with E-state index in [1.807, 2.05) is 13.0 Å². The van der Waals surface area contributed by atoms with Gasteiger partial charge >= 0.3 is 12.1 Å². The van der Waals surface area contributed by atoms with Crippen LogP contribution < -0.4 is 5.32 Å². The molecule has 0 unspecified atom stereocenters. The maximum atomic E-state index is 11.5. The van der Waals surface area contributed by atoms with Crippen LogP contribution in [0.4, 0.5) is 4.79 Å². The van der Waals surface area contributed by atoms with Gasteiger partial charge < -0.3 is 15.2 Å². The molecule has 5 nitrogen and oxygen atoms in total. The highest BCUT2D eigenvalue weighted by Gasteiger charge is 2.41. The van der Waals surface area contributed by atoms with Gasteiger partial charge in [0.2, 0.25) is 0 Å². The number of amides is 1. The van der Waals surface area contributed by atoms with E-state index in [0.717, 1.165) is 32.1 Å². The third-order valence-electron chi connectivity index (χ3n) is 3.52. The molecular weight excluding hydrogens is 234 g/mol. The van der Waals surface area contributed by atoms with Gasteiger partial charge in [-0.15, -0.1) is 6.58 Å². The van der Waals surface area contributed by atoms with Crippen LogP contribution >= 0.6 is 0 Å². The summed E-state index contributed by atoms with van der Waals surface area (Å²) in [7, 11) is 0. The van der Waals surface area contributed by atoms with Crippen LogP contribution in [0.3, 0.4) is 0 Å². The van der Waals surface area contributed by atoms with Crippen molar-refractivity contribution in [3.63, 3.8) is 0 Å². The largest absolute Gasteiger partial charge is 0.480 e. The molecule has 0 aromatic heterocycles. The maximum Gasteiger partial charge on any atom is 0.408 e. The second kappa shape index (κ2) is 6.42. The third-order valence-corrected chi connectivity index (χ3v) is 3.52. The fourth-order valence-electron chi connectivity index (χ4n) is 2.51. The predicted molar refractivity (Wildman–Crippen MR) is 67.3 cm³/mol. The molecule has 1 amide bonds. The smallest absolute Gasteiger partial charge is 0.408 e. The molecule has 0 bridgehead atoms. The fourth-order valence-corrected chi connectivity index (χ4v) is 2.51. The lowest BCUT2D eigenvalue weighted by Crippen LogP contribution is -2.41. The van der Waals surface area contributed by atoms with E-state index < -0.39 is 24.2 Å². The van der Waals surface area contributed by atoms with Crippen LogP contribution in [0.1, 0.15) is 39.0 Å². The monoisotopic (exact) mass is 255 g/mol. The molecule has 0 saturated heterocycles. The zero-order chi connectivity index (χ0) is 13.6. The number of carbonyl (C=O) groups excluding carboxylic acids is 1. The van der Waals surface area contributed by atoms with E-state index in [9.17, 15) is 9.59 Å². The number of carboxylic acids is 1. The third kappa shape index (κ3) is 4.05. The van der Waals surface area contributed by atoms with E-state index >= 15 is 0 Å². The van der Waals surface area contributed by atoms with Crippen LogP contribution in [0.25, 0.3) is 0 Å². The standard InChI is InChI=1S/C13H21NO4/c1-3-4-6-10-7-5-8-13(10,2)18-12(17)14-9-11(15)16/h3,10H,1,4-9H2,2H3,(H,14,17)(H,15,16)/t10-,13-/m0/s1. The van der Waals surface area contributed by atoms with Gasteiger partial charge in [0.1, 0.15) is 12.1 Å². The molecule has 0 aromatic rings. The van der Waals surface area contributed by atoms with Crippen molar-refractivity contribution in [1.82, 2.24) is 5.32 Å². The second-order valence-electron chi connectivity index (χ2n) is 4.90. The SMILES string of the molecule is C=CCC[C@H]1CCC[C@]1(C)OC(=O)NCC(=O)O. The van der Waals surface area contributed by atoms with Crippen LogP contribution in [0.2, 0.25) is 0 Å². The highest BCUT2D eigenvalue weighted by Crippen LogP contribution is 2.41. The van der Waals surface area contributed by atoms with E-state index in [-0.39, 0.29) is 0 Å². The van der Waals surface area contributed by atoms with Crippen LogP contribution in [0.15, 0.2) is 12.7 Å². The molecule has 102 valence electrons. The Morgan fingerprint density at radius 3 is 2.94 bits per heavy atom. The van der Waals surface area contributed by atoms with Gasteiger partial charge in [-0.1, -0.05) is 6.08 Å². The highest BCUT2D eigenvalue weighted by atomic mass is 16.6. The number of carboxylic acid groups (broad SMARTS) is 1. The lowest BCUT2D eigenvalue weighted by Gasteiger charge is -2.31. The summed E-state index contributed by atoms with van der Waals surface area (Å²) in [4.78, 5) is 21.9. The van der Waals surface area contributed by atoms with E-state index in [0.29, 0.717) is 5.92 Å². The first-order valence-corrected chi connectivity index (χ1v) is 6.27. The lowest BCUT2D eigenvalue weighted by atomic mass is 9.88. The summed E-state index contributed by atoms with van der Waals surface area (Å²) in [5.74, 6) is -0.752. The topological polar surface area (TPSA) is 75.6 Å². The number of rotatable bonds is 6. The molecule has 5 heteroatoms. The molecule has 0 aliphatic heterocycles. The molecule has 0 aromatic carbocycles. The minimum atomic E-state index is -1.08. The second-order valence-corrected chi connectivity index (χ2v) is 4.90. The average molecular weight is 255 g/mol. The Bertz CT molecular complexity index is 329. The van der Waals surface area contributed by atoms with Crippen LogP contribution in [-0.4, -0.2) is 29.3 Å². The van der Waals surface area contributed by atoms with Crippen molar-refractivity contribution in [2.24, 2.45) is 5.92 Å². The minimum Gasteiger partial charge on any atom is -0.480 e. The Labute approximate surface area is 107 Å². The number of hydrogen-bond acceptors (Lipinski definition) is 3. The zero-order valence-corrected chi connectivity index (χ0v) is 10.8. The molecule has 2 atom stereocenters. The van der Waals surface area contributed by atoms with Gasteiger partial charge in [-0.05, 0) is 44.9 Å². The van der Waals surface area contributed by atoms with Gasteiger partial charge in [-0.25, -0.2) is 4.79 Å². The summed E-state index contributed by atoms with van der Waals surface area (Å²) in [6, 6.07) is 0. The van der Waals surface area contributed by atoms with E-state index in [1.165, 1.54) is 0 Å². The van der Waals surface area contributed by atoms with E-state index in [1.54, 1.807) is 0 Å². The number of aliphatic carboxylic acids is 1. The van der Waals surface area contributed by atoms with E-state index in [2.05, 4.69) is 11.9 Å². The maximum absolute atomic E-state index is 11.5. The number of hydrogen-bond donors (Lipinski definition) is 2. The first-order chi connectivity index (χ1) is 8.48. The molecule has 1 saturated carbocycles. The molecule has 1 aliphatic carbocycles. The number of nitrogens with one attached hydrogen (secondary N) is 1. The molecule has 0 radical (unpaired) electrons. The highest BCUT2D eigenvalue weighted by molar-refractivity contribution is 5.76. The molecule has 2 N–H and O–H groups in total. The molecule has 1 aliphatic rings. The molecule has 18 heavy (non-hydrogen) atoms. The fraction of sp³-hybridized carbons (Fsp3) is 0.692. The van der Waals surface area contributed by atoms with Gasteiger partial charge in [-0.3, -0.25) is 4.79 Å². The van der Waals surface area contributed by atoms with Gasteiger partial charge in [0.15, 0.2) is 0 Å². The van der Waals surface area contributed by atoms with Crippen molar-refractivity contribution < 1.29 is 19.4 Å². The first kappa shape index (κ1) is 14.5. The number of alkyl carbamates (subject to hydrolysis) is 1. The molecule has 0 heterocycles. The summed E-state index contributed by atoms with van der Waals surface area (Å²) in [6.07, 6.45) is 5.97. The molecular formula is C13H21NO4. The minimum absolute atomic E-state index is 0.325. The normalized spacial score (nSPS) is 26.6. The van der Waals surface area contributed by atoms with Crippen LogP contribution in [-0.2, 0) is 9.53 Å².